The number of rotatable bonds is 8. The number of carbonyl (C=O) groups excluding carboxylic acids is 3. The molecule has 10 heteroatoms. The van der Waals surface area contributed by atoms with E-state index in [-0.39, 0.29) is 11.4 Å². The van der Waals surface area contributed by atoms with Crippen LogP contribution in [0.5, 0.6) is 0 Å². The summed E-state index contributed by atoms with van der Waals surface area (Å²) in [6.45, 7) is 13.4. The van der Waals surface area contributed by atoms with Gasteiger partial charge in [-0.05, 0) is 101 Å². The second-order valence-corrected chi connectivity index (χ2v) is 12.3. The molecule has 0 saturated heterocycles. The number of nitrogens with one attached hydrogen (secondary N) is 3. The number of benzene rings is 1. The molecular weight excluding hydrogens is 544 g/mol. The maximum Gasteiger partial charge on any atom is 0.412 e. The fourth-order valence-electron chi connectivity index (χ4n) is 5.00. The molecule has 1 saturated carbocycles. The Hall–Kier alpha value is -4.73. The molecule has 3 N–H and O–H groups in total. The smallest absolute Gasteiger partial charge is 0.412 e. The van der Waals surface area contributed by atoms with Crippen LogP contribution >= 0.6 is 0 Å². The number of fused-ring (bicyclic) bond motifs is 1. The predicted molar refractivity (Wildman–Crippen MR) is 169 cm³/mol. The van der Waals surface area contributed by atoms with Crippen molar-refractivity contribution in [2.45, 2.75) is 71.4 Å². The maximum atomic E-state index is 13.0. The third-order valence-corrected chi connectivity index (χ3v) is 7.43. The van der Waals surface area contributed by atoms with Gasteiger partial charge in [0.15, 0.2) is 0 Å². The molecule has 3 aromatic rings. The molecule has 0 atom stereocenters. The first kappa shape index (κ1) is 31.2. The summed E-state index contributed by atoms with van der Waals surface area (Å²) in [4.78, 5) is 46.8. The minimum absolute atomic E-state index is 0.211. The highest BCUT2D eigenvalue weighted by atomic mass is 16.6. The minimum Gasteiger partial charge on any atom is -0.444 e. The number of amides is 3. The van der Waals surface area contributed by atoms with E-state index in [2.05, 4.69) is 39.4 Å². The Morgan fingerprint density at radius 1 is 1.12 bits per heavy atom. The lowest BCUT2D eigenvalue weighted by atomic mass is 9.80. The Morgan fingerprint density at radius 2 is 1.84 bits per heavy atom. The van der Waals surface area contributed by atoms with Gasteiger partial charge < -0.3 is 20.3 Å². The van der Waals surface area contributed by atoms with Crippen molar-refractivity contribution in [3.05, 3.63) is 72.5 Å². The number of aryl methyl sites for hydroxylation is 1. The highest BCUT2D eigenvalue weighted by Crippen LogP contribution is 2.34. The minimum atomic E-state index is -0.656. The quantitative estimate of drug-likeness (QED) is 0.210. The number of carbonyl (C=O) groups is 3. The predicted octanol–water partition coefficient (Wildman–Crippen LogP) is 6.30. The van der Waals surface area contributed by atoms with Crippen molar-refractivity contribution in [2.75, 3.05) is 17.7 Å². The normalized spacial score (nSPS) is 16.7. The van der Waals surface area contributed by atoms with E-state index in [1.54, 1.807) is 58.6 Å². The monoisotopic (exact) mass is 584 g/mol. The number of anilines is 2. The lowest BCUT2D eigenvalue weighted by Gasteiger charge is -2.38. The zero-order valence-corrected chi connectivity index (χ0v) is 25.7. The van der Waals surface area contributed by atoms with Gasteiger partial charge in [-0.3, -0.25) is 19.9 Å². The van der Waals surface area contributed by atoms with Crippen LogP contribution in [0.3, 0.4) is 0 Å². The van der Waals surface area contributed by atoms with Crippen LogP contribution in [0.15, 0.2) is 66.9 Å². The average molecular weight is 585 g/mol. The standard InChI is InChI=1S/C33H40N6O4/c1-21-10-13-34-18-26(21)24-15-25-17-29(35-19-27(25)28(16-24)36-31(42)43-32(3,4)5)37-30(41)14-23-8-11-33(6,12-9-23)38-22(2)39(7)20-40/h10,13-20,38H,2,8-9,11-12H2,1,3-7H3,(H,36,42)(H,35,37,41). The first-order chi connectivity index (χ1) is 20.2. The van der Waals surface area contributed by atoms with Gasteiger partial charge in [0.25, 0.3) is 0 Å². The Kier molecular flexibility index (Phi) is 9.18. The molecule has 226 valence electrons. The summed E-state index contributed by atoms with van der Waals surface area (Å²) in [5, 5.41) is 10.6. The van der Waals surface area contributed by atoms with Crippen LogP contribution in [0.2, 0.25) is 0 Å². The van der Waals surface area contributed by atoms with Crippen molar-refractivity contribution < 1.29 is 19.1 Å². The Bertz CT molecular complexity index is 1580. The third kappa shape index (κ3) is 8.18. The van der Waals surface area contributed by atoms with Crippen LogP contribution in [-0.4, -0.2) is 51.5 Å². The van der Waals surface area contributed by atoms with Crippen LogP contribution < -0.4 is 16.0 Å². The van der Waals surface area contributed by atoms with Crippen LogP contribution in [0.25, 0.3) is 21.9 Å². The van der Waals surface area contributed by atoms with Gasteiger partial charge >= 0.3 is 6.09 Å². The molecule has 43 heavy (non-hydrogen) atoms. The number of aromatic nitrogens is 2. The zero-order chi connectivity index (χ0) is 31.4. The van der Waals surface area contributed by atoms with Gasteiger partial charge in [0.2, 0.25) is 12.3 Å². The van der Waals surface area contributed by atoms with Gasteiger partial charge in [0, 0.05) is 48.2 Å². The molecule has 0 spiro atoms. The topological polar surface area (TPSA) is 126 Å². The van der Waals surface area contributed by atoms with Crippen molar-refractivity contribution >= 4 is 40.7 Å². The summed E-state index contributed by atoms with van der Waals surface area (Å²) < 4.78 is 5.49. The van der Waals surface area contributed by atoms with E-state index in [0.29, 0.717) is 22.7 Å². The van der Waals surface area contributed by atoms with Crippen LogP contribution in [-0.2, 0) is 14.3 Å². The van der Waals surface area contributed by atoms with Gasteiger partial charge in [-0.2, -0.15) is 0 Å². The molecule has 3 amide bonds. The molecule has 1 aromatic carbocycles. The number of pyridine rings is 2. The molecular formula is C33H40N6O4. The van der Waals surface area contributed by atoms with Crippen LogP contribution in [0, 0.1) is 6.92 Å². The van der Waals surface area contributed by atoms with E-state index in [0.717, 1.165) is 59.7 Å². The zero-order valence-electron chi connectivity index (χ0n) is 25.7. The highest BCUT2D eigenvalue weighted by molar-refractivity contribution is 6.05. The van der Waals surface area contributed by atoms with Crippen molar-refractivity contribution in [1.29, 1.82) is 0 Å². The largest absolute Gasteiger partial charge is 0.444 e. The molecule has 1 aliphatic rings. The number of ether oxygens (including phenoxy) is 1. The summed E-state index contributed by atoms with van der Waals surface area (Å²) >= 11 is 0. The molecule has 1 fully saturated rings. The second-order valence-electron chi connectivity index (χ2n) is 12.3. The molecule has 10 nitrogen and oxygen atoms in total. The van der Waals surface area contributed by atoms with E-state index in [4.69, 9.17) is 4.74 Å². The number of allylic oxidation sites excluding steroid dienone is 1. The Labute approximate surface area is 252 Å². The molecule has 0 unspecified atom stereocenters. The Morgan fingerprint density at radius 3 is 2.49 bits per heavy atom. The number of nitrogens with zero attached hydrogens (tertiary/aromatic N) is 3. The van der Waals surface area contributed by atoms with E-state index >= 15 is 0 Å². The van der Waals surface area contributed by atoms with Gasteiger partial charge in [-0.25, -0.2) is 9.78 Å². The van der Waals surface area contributed by atoms with Crippen molar-refractivity contribution in [2.24, 2.45) is 0 Å². The van der Waals surface area contributed by atoms with Crippen molar-refractivity contribution in [3.63, 3.8) is 0 Å². The van der Waals surface area contributed by atoms with Gasteiger partial charge in [0.05, 0.1) is 5.69 Å². The van der Waals surface area contributed by atoms with Crippen LogP contribution in [0.4, 0.5) is 16.3 Å². The van der Waals surface area contributed by atoms with Gasteiger partial charge in [-0.1, -0.05) is 12.2 Å². The molecule has 0 radical (unpaired) electrons. The first-order valence-corrected chi connectivity index (χ1v) is 14.3. The average Bonchev–Trinajstić information content (AvgIpc) is 2.92. The van der Waals surface area contributed by atoms with Crippen LogP contribution in [0.1, 0.15) is 58.9 Å². The summed E-state index contributed by atoms with van der Waals surface area (Å²) in [6, 6.07) is 7.58. The molecule has 0 aliphatic heterocycles. The summed E-state index contributed by atoms with van der Waals surface area (Å²) in [6.07, 6.45) is 10.0. The lowest BCUT2D eigenvalue weighted by Crippen LogP contribution is -2.46. The second kappa shape index (κ2) is 12.6. The number of hydrogen-bond acceptors (Lipinski definition) is 7. The lowest BCUT2D eigenvalue weighted by molar-refractivity contribution is -0.116. The highest BCUT2D eigenvalue weighted by Gasteiger charge is 2.29. The van der Waals surface area contributed by atoms with E-state index in [1.165, 1.54) is 4.90 Å². The summed E-state index contributed by atoms with van der Waals surface area (Å²) in [5.74, 6) is 0.694. The van der Waals surface area contributed by atoms with E-state index in [9.17, 15) is 14.4 Å². The molecule has 4 rings (SSSR count). The molecule has 2 heterocycles. The Balaban J connectivity index is 1.54. The fourth-order valence-corrected chi connectivity index (χ4v) is 5.00. The summed E-state index contributed by atoms with van der Waals surface area (Å²) in [5.41, 5.74) is 3.53. The van der Waals surface area contributed by atoms with Crippen molar-refractivity contribution in [1.82, 2.24) is 20.2 Å². The SMILES string of the molecule is C=C(NC1(C)CCC(=CC(=O)Nc2cc3cc(-c4cnccc4C)cc(NC(=O)OC(C)(C)C)c3cn2)CC1)N(C)C=O. The van der Waals surface area contributed by atoms with Gasteiger partial charge in [-0.15, -0.1) is 0 Å². The molecule has 0 bridgehead atoms. The summed E-state index contributed by atoms with van der Waals surface area (Å²) in [7, 11) is 1.66. The molecule has 2 aromatic heterocycles. The van der Waals surface area contributed by atoms with Gasteiger partial charge in [0.1, 0.15) is 17.2 Å². The maximum absolute atomic E-state index is 13.0. The third-order valence-electron chi connectivity index (χ3n) is 7.43. The fraction of sp³-hybridized carbons (Fsp3) is 0.364. The number of hydrogen-bond donors (Lipinski definition) is 3. The van der Waals surface area contributed by atoms with Crippen molar-refractivity contribution in [3.8, 4) is 11.1 Å². The van der Waals surface area contributed by atoms with E-state index < -0.39 is 11.7 Å². The van der Waals surface area contributed by atoms with E-state index in [1.807, 2.05) is 25.1 Å². The first-order valence-electron chi connectivity index (χ1n) is 14.3. The molecule has 1 aliphatic carbocycles.